The van der Waals surface area contributed by atoms with Gasteiger partial charge in [-0.2, -0.15) is 0 Å². The summed E-state index contributed by atoms with van der Waals surface area (Å²) >= 11 is 5.70. The molecule has 0 aliphatic rings. The van der Waals surface area contributed by atoms with Gasteiger partial charge in [0.1, 0.15) is 5.82 Å². The van der Waals surface area contributed by atoms with Gasteiger partial charge in [0.25, 0.3) is 0 Å². The van der Waals surface area contributed by atoms with Crippen molar-refractivity contribution in [2.75, 3.05) is 0 Å². The Bertz CT molecular complexity index is 328. The highest BCUT2D eigenvalue weighted by Gasteiger charge is 2.10. The van der Waals surface area contributed by atoms with Crippen molar-refractivity contribution in [2.24, 2.45) is 0 Å². The van der Waals surface area contributed by atoms with Crippen LogP contribution in [0, 0.1) is 19.7 Å². The van der Waals surface area contributed by atoms with E-state index in [1.165, 1.54) is 0 Å². The van der Waals surface area contributed by atoms with Gasteiger partial charge in [-0.25, -0.2) is 9.87 Å². The minimum atomic E-state index is -0.410. The summed E-state index contributed by atoms with van der Waals surface area (Å²) in [7, 11) is 0. The highest BCUT2D eigenvalue weighted by Crippen LogP contribution is 2.25. The maximum absolute atomic E-state index is 13.3. The van der Waals surface area contributed by atoms with Crippen LogP contribution in [0.2, 0.25) is 5.02 Å². The van der Waals surface area contributed by atoms with Gasteiger partial charge in [0.05, 0.1) is 5.02 Å². The van der Waals surface area contributed by atoms with Crippen LogP contribution in [0.5, 0.6) is 0 Å². The molecule has 0 aliphatic carbocycles. The summed E-state index contributed by atoms with van der Waals surface area (Å²) in [4.78, 5) is 0. The lowest BCUT2D eigenvalue weighted by Gasteiger charge is -2.09. The van der Waals surface area contributed by atoms with Crippen LogP contribution in [0.1, 0.15) is 16.7 Å². The summed E-state index contributed by atoms with van der Waals surface area (Å²) in [5.41, 5.74) is 3.84. The van der Waals surface area contributed by atoms with Crippen molar-refractivity contribution < 1.29 is 9.60 Å². The molecule has 0 atom stereocenters. The van der Waals surface area contributed by atoms with Gasteiger partial charge in [-0.3, -0.25) is 0 Å². The minimum Gasteiger partial charge on any atom is -0.316 e. The highest BCUT2D eigenvalue weighted by molar-refractivity contribution is 6.31. The predicted molar refractivity (Wildman–Crippen MR) is 49.5 cm³/mol. The first-order valence-electron chi connectivity index (χ1n) is 3.89. The van der Waals surface area contributed by atoms with Gasteiger partial charge < -0.3 is 5.21 Å². The standard InChI is InChI=1S/C9H11ClFNO/c1-5-3-7(4-12-13)6(2)9(11)8(5)10/h3,12-13H,4H2,1-2H3. The fraction of sp³-hybridized carbons (Fsp3) is 0.333. The second-order valence-corrected chi connectivity index (χ2v) is 3.32. The van der Waals surface area contributed by atoms with E-state index in [0.717, 1.165) is 0 Å². The summed E-state index contributed by atoms with van der Waals surface area (Å²) in [5.74, 6) is -0.410. The molecule has 1 aromatic carbocycles. The molecule has 0 saturated heterocycles. The third-order valence-corrected chi connectivity index (χ3v) is 2.47. The van der Waals surface area contributed by atoms with Crippen LogP contribution in [-0.4, -0.2) is 5.21 Å². The fourth-order valence-corrected chi connectivity index (χ4v) is 1.38. The number of hydrogen-bond donors (Lipinski definition) is 2. The molecule has 0 aromatic heterocycles. The average Bonchev–Trinajstić information content (AvgIpc) is 2.11. The van der Waals surface area contributed by atoms with Gasteiger partial charge in [-0.05, 0) is 30.5 Å². The largest absolute Gasteiger partial charge is 0.316 e. The first-order valence-corrected chi connectivity index (χ1v) is 4.26. The van der Waals surface area contributed by atoms with E-state index in [1.54, 1.807) is 19.9 Å². The molecule has 0 radical (unpaired) electrons. The Morgan fingerprint density at radius 3 is 2.69 bits per heavy atom. The summed E-state index contributed by atoms with van der Waals surface area (Å²) < 4.78 is 13.3. The van der Waals surface area contributed by atoms with Crippen molar-refractivity contribution in [1.82, 2.24) is 5.48 Å². The maximum Gasteiger partial charge on any atom is 0.145 e. The number of hydrogen-bond acceptors (Lipinski definition) is 2. The molecule has 0 unspecified atom stereocenters. The van der Waals surface area contributed by atoms with Crippen LogP contribution in [0.4, 0.5) is 4.39 Å². The van der Waals surface area contributed by atoms with Gasteiger partial charge in [-0.1, -0.05) is 17.7 Å². The lowest BCUT2D eigenvalue weighted by atomic mass is 10.1. The average molecular weight is 204 g/mol. The Kier molecular flexibility index (Phi) is 3.25. The fourth-order valence-electron chi connectivity index (χ4n) is 1.18. The molecule has 13 heavy (non-hydrogen) atoms. The van der Waals surface area contributed by atoms with Gasteiger partial charge in [0, 0.05) is 6.54 Å². The zero-order chi connectivity index (χ0) is 10.0. The van der Waals surface area contributed by atoms with Gasteiger partial charge in [-0.15, -0.1) is 0 Å². The number of benzene rings is 1. The van der Waals surface area contributed by atoms with Crippen LogP contribution in [0.25, 0.3) is 0 Å². The number of hydroxylamine groups is 1. The summed E-state index contributed by atoms with van der Waals surface area (Å²) in [5, 5.41) is 8.64. The molecular weight excluding hydrogens is 193 g/mol. The minimum absolute atomic E-state index is 0.152. The molecule has 0 bridgehead atoms. The molecule has 1 rings (SSSR count). The molecule has 2 nitrogen and oxygen atoms in total. The lowest BCUT2D eigenvalue weighted by Crippen LogP contribution is -2.09. The van der Waals surface area contributed by atoms with E-state index in [0.29, 0.717) is 16.7 Å². The smallest absolute Gasteiger partial charge is 0.145 e. The van der Waals surface area contributed by atoms with Gasteiger partial charge in [0.2, 0.25) is 0 Å². The first-order chi connectivity index (χ1) is 6.07. The first kappa shape index (κ1) is 10.4. The Hall–Kier alpha value is -0.640. The monoisotopic (exact) mass is 203 g/mol. The molecule has 2 N–H and O–H groups in total. The van der Waals surface area contributed by atoms with Crippen LogP contribution < -0.4 is 5.48 Å². The quantitative estimate of drug-likeness (QED) is 0.725. The number of halogens is 2. The predicted octanol–water partition coefficient (Wildman–Crippen LogP) is 2.57. The molecule has 0 fully saturated rings. The zero-order valence-electron chi connectivity index (χ0n) is 7.49. The van der Waals surface area contributed by atoms with Crippen molar-refractivity contribution in [3.05, 3.63) is 33.6 Å². The number of nitrogens with one attached hydrogen (secondary N) is 1. The molecular formula is C9H11ClFNO. The van der Waals surface area contributed by atoms with Crippen LogP contribution in [-0.2, 0) is 6.54 Å². The molecule has 4 heteroatoms. The lowest BCUT2D eigenvalue weighted by molar-refractivity contribution is 0.161. The Balaban J connectivity index is 3.24. The van der Waals surface area contributed by atoms with Crippen molar-refractivity contribution in [2.45, 2.75) is 20.4 Å². The number of aryl methyl sites for hydroxylation is 1. The SMILES string of the molecule is Cc1cc(CNO)c(C)c(F)c1Cl. The van der Waals surface area contributed by atoms with Gasteiger partial charge in [0.15, 0.2) is 0 Å². The second kappa shape index (κ2) is 4.05. The third kappa shape index (κ3) is 1.99. The molecule has 72 valence electrons. The van der Waals surface area contributed by atoms with Crippen molar-refractivity contribution in [1.29, 1.82) is 0 Å². The van der Waals surface area contributed by atoms with Crippen LogP contribution in [0.3, 0.4) is 0 Å². The van der Waals surface area contributed by atoms with Crippen molar-refractivity contribution in [3.63, 3.8) is 0 Å². The summed E-state index contributed by atoms with van der Waals surface area (Å²) in [6.07, 6.45) is 0. The van der Waals surface area contributed by atoms with Gasteiger partial charge >= 0.3 is 0 Å². The Morgan fingerprint density at radius 1 is 1.54 bits per heavy atom. The summed E-state index contributed by atoms with van der Waals surface area (Å²) in [6, 6.07) is 1.75. The van der Waals surface area contributed by atoms with Crippen LogP contribution in [0.15, 0.2) is 6.07 Å². The maximum atomic E-state index is 13.3. The van der Waals surface area contributed by atoms with Crippen molar-refractivity contribution in [3.8, 4) is 0 Å². The Morgan fingerprint density at radius 2 is 2.15 bits per heavy atom. The third-order valence-electron chi connectivity index (χ3n) is 2.01. The highest BCUT2D eigenvalue weighted by atomic mass is 35.5. The van der Waals surface area contributed by atoms with E-state index in [2.05, 4.69) is 0 Å². The van der Waals surface area contributed by atoms with E-state index in [9.17, 15) is 4.39 Å². The van der Waals surface area contributed by atoms with Crippen molar-refractivity contribution >= 4 is 11.6 Å². The molecule has 0 amide bonds. The van der Waals surface area contributed by atoms with E-state index in [4.69, 9.17) is 16.8 Å². The second-order valence-electron chi connectivity index (χ2n) is 2.94. The van der Waals surface area contributed by atoms with E-state index in [-0.39, 0.29) is 11.6 Å². The Labute approximate surface area is 81.3 Å². The summed E-state index contributed by atoms with van der Waals surface area (Å²) in [6.45, 7) is 3.58. The molecule has 0 heterocycles. The van der Waals surface area contributed by atoms with Crippen LogP contribution >= 0.6 is 11.6 Å². The van der Waals surface area contributed by atoms with E-state index < -0.39 is 5.82 Å². The molecule has 0 spiro atoms. The normalized spacial score (nSPS) is 10.5. The number of rotatable bonds is 2. The molecule has 0 aliphatic heterocycles. The molecule has 0 saturated carbocycles. The molecule has 1 aromatic rings. The topological polar surface area (TPSA) is 32.3 Å². The van der Waals surface area contributed by atoms with E-state index in [1.807, 2.05) is 5.48 Å². The van der Waals surface area contributed by atoms with E-state index >= 15 is 0 Å². The zero-order valence-corrected chi connectivity index (χ0v) is 8.24.